The molecule has 0 saturated carbocycles. The molecule has 3 N–H and O–H groups in total. The van der Waals surface area contributed by atoms with Gasteiger partial charge in [-0.2, -0.15) is 15.7 Å². The number of H-pyrrole nitrogens is 1. The highest BCUT2D eigenvalue weighted by Crippen LogP contribution is 2.42. The summed E-state index contributed by atoms with van der Waals surface area (Å²) in [6.07, 6.45) is 4.22. The summed E-state index contributed by atoms with van der Waals surface area (Å²) in [5, 5.41) is 6.05. The molecule has 5 heteroatoms. The molecule has 1 aromatic heterocycles. The highest BCUT2D eigenvalue weighted by molar-refractivity contribution is 8.23. The molecule has 0 amide bonds. The summed E-state index contributed by atoms with van der Waals surface area (Å²) in [7, 11) is -2.55. The van der Waals surface area contributed by atoms with E-state index >= 15 is 0 Å². The molecule has 0 atom stereocenters. The van der Waals surface area contributed by atoms with Gasteiger partial charge in [-0.15, -0.1) is 0 Å². The molecule has 0 aliphatic heterocycles. The fourth-order valence-corrected chi connectivity index (χ4v) is 0.979. The van der Waals surface area contributed by atoms with Gasteiger partial charge in [-0.3, -0.25) is 14.2 Å². The highest BCUT2D eigenvalue weighted by Gasteiger charge is 2.07. The first kappa shape index (κ1) is 6.60. The Morgan fingerprint density at radius 2 is 2.33 bits per heavy atom. The van der Waals surface area contributed by atoms with Gasteiger partial charge in [0.1, 0.15) is 0 Å². The van der Waals surface area contributed by atoms with Gasteiger partial charge in [0.05, 0.1) is 11.1 Å². The van der Waals surface area contributed by atoms with Gasteiger partial charge in [-0.25, -0.2) is 0 Å². The Morgan fingerprint density at radius 1 is 1.67 bits per heavy atom. The van der Waals surface area contributed by atoms with Gasteiger partial charge in [0.15, 0.2) is 0 Å². The normalized spacial score (nSPS) is 13.7. The van der Waals surface area contributed by atoms with E-state index in [0.717, 1.165) is 0 Å². The lowest BCUT2D eigenvalue weighted by molar-refractivity contribution is 0.495. The monoisotopic (exact) mass is 148 g/mol. The van der Waals surface area contributed by atoms with Crippen molar-refractivity contribution in [2.75, 3.05) is 6.26 Å². The maximum Gasteiger partial charge on any atom is 0.0957 e. The fraction of sp³-hybridized carbons (Fsp3) is 0.250. The van der Waals surface area contributed by atoms with Gasteiger partial charge in [-0.1, -0.05) is 0 Å². The summed E-state index contributed by atoms with van der Waals surface area (Å²) < 4.78 is 17.9. The summed E-state index contributed by atoms with van der Waals surface area (Å²) in [4.78, 5) is 0.447. The van der Waals surface area contributed by atoms with Crippen LogP contribution in [0.1, 0.15) is 0 Å². The Hall–Kier alpha value is -0.520. The van der Waals surface area contributed by atoms with Crippen LogP contribution in [0.15, 0.2) is 17.3 Å². The minimum absolute atomic E-state index is 0.447. The zero-order valence-electron chi connectivity index (χ0n) is 4.90. The van der Waals surface area contributed by atoms with Gasteiger partial charge >= 0.3 is 0 Å². The Balaban J connectivity index is 2.90. The number of aromatic amines is 1. The van der Waals surface area contributed by atoms with Crippen molar-refractivity contribution < 1.29 is 9.11 Å². The minimum atomic E-state index is -2.55. The summed E-state index contributed by atoms with van der Waals surface area (Å²) >= 11 is 0. The lowest BCUT2D eigenvalue weighted by atomic mass is 10.7. The van der Waals surface area contributed by atoms with Crippen molar-refractivity contribution in [3.63, 3.8) is 0 Å². The predicted molar refractivity (Wildman–Crippen MR) is 35.6 cm³/mol. The van der Waals surface area contributed by atoms with E-state index in [1.807, 2.05) is 0 Å². The first-order valence-electron chi connectivity index (χ1n) is 2.33. The molecule has 0 fully saturated rings. The molecule has 4 nitrogen and oxygen atoms in total. The molecule has 0 aliphatic rings. The minimum Gasteiger partial charge on any atom is -0.295 e. The van der Waals surface area contributed by atoms with Gasteiger partial charge in [0.2, 0.25) is 0 Å². The van der Waals surface area contributed by atoms with E-state index in [-0.39, 0.29) is 0 Å². The number of rotatable bonds is 1. The smallest absolute Gasteiger partial charge is 0.0957 e. The molecule has 0 unspecified atom stereocenters. The zero-order chi connectivity index (χ0) is 6.91. The first-order chi connectivity index (χ1) is 4.11. The second kappa shape index (κ2) is 2.02. The van der Waals surface area contributed by atoms with E-state index in [2.05, 4.69) is 10.2 Å². The molecule has 1 heterocycles. The third-order valence-corrected chi connectivity index (χ3v) is 2.04. The van der Waals surface area contributed by atoms with Crippen molar-refractivity contribution in [1.82, 2.24) is 10.2 Å². The number of hydrogen-bond acceptors (Lipinski definition) is 3. The number of aromatic nitrogens is 2. The summed E-state index contributed by atoms with van der Waals surface area (Å²) in [6.45, 7) is 0. The largest absolute Gasteiger partial charge is 0.295 e. The van der Waals surface area contributed by atoms with Crippen LogP contribution in [-0.2, 0) is 0 Å². The third kappa shape index (κ3) is 1.44. The van der Waals surface area contributed by atoms with Crippen molar-refractivity contribution >= 4 is 10.6 Å². The van der Waals surface area contributed by atoms with Crippen molar-refractivity contribution in [1.29, 1.82) is 0 Å². The van der Waals surface area contributed by atoms with Crippen LogP contribution in [0.2, 0.25) is 0 Å². The number of nitrogens with zero attached hydrogens (tertiary/aromatic N) is 1. The average Bonchev–Trinajstić information content (AvgIpc) is 2.08. The van der Waals surface area contributed by atoms with E-state index < -0.39 is 10.6 Å². The summed E-state index contributed by atoms with van der Waals surface area (Å²) in [5.74, 6) is 0. The molecular weight excluding hydrogens is 140 g/mol. The molecule has 0 radical (unpaired) electrons. The summed E-state index contributed by atoms with van der Waals surface area (Å²) in [6, 6.07) is 0. The van der Waals surface area contributed by atoms with Gasteiger partial charge in [0, 0.05) is 12.5 Å². The Kier molecular flexibility index (Phi) is 1.48. The van der Waals surface area contributed by atoms with Crippen molar-refractivity contribution in [2.24, 2.45) is 0 Å². The van der Waals surface area contributed by atoms with Crippen molar-refractivity contribution in [3.05, 3.63) is 12.4 Å². The highest BCUT2D eigenvalue weighted by atomic mass is 32.3. The van der Waals surface area contributed by atoms with Crippen LogP contribution in [0.25, 0.3) is 0 Å². The van der Waals surface area contributed by atoms with Crippen molar-refractivity contribution in [3.8, 4) is 0 Å². The second-order valence-electron chi connectivity index (χ2n) is 1.77. The second-order valence-corrected chi connectivity index (χ2v) is 3.91. The van der Waals surface area contributed by atoms with E-state index in [1.165, 1.54) is 18.6 Å². The van der Waals surface area contributed by atoms with Crippen LogP contribution >= 0.6 is 10.6 Å². The predicted octanol–water partition coefficient (Wildman–Crippen LogP) is 1.15. The standard InChI is InChI=1S/C4H8N2O2S/c1-9(7,8)4-2-5-6-3-4/h2-3,7-8H,1H3,(H,5,6). The van der Waals surface area contributed by atoms with Gasteiger partial charge < -0.3 is 0 Å². The lowest BCUT2D eigenvalue weighted by Gasteiger charge is -2.23. The molecular formula is C4H8N2O2S. The van der Waals surface area contributed by atoms with Crippen LogP contribution < -0.4 is 0 Å². The van der Waals surface area contributed by atoms with Crippen LogP contribution in [0.5, 0.6) is 0 Å². The molecule has 9 heavy (non-hydrogen) atoms. The summed E-state index contributed by atoms with van der Waals surface area (Å²) in [5.41, 5.74) is 0. The maximum atomic E-state index is 8.96. The quantitative estimate of drug-likeness (QED) is 0.559. The molecule has 1 rings (SSSR count). The van der Waals surface area contributed by atoms with E-state index in [1.54, 1.807) is 0 Å². The first-order valence-corrected chi connectivity index (χ1v) is 4.28. The molecule has 0 saturated heterocycles. The van der Waals surface area contributed by atoms with Crippen LogP contribution in [0.4, 0.5) is 0 Å². The average molecular weight is 148 g/mol. The van der Waals surface area contributed by atoms with Crippen LogP contribution in [0.3, 0.4) is 0 Å². The molecule has 0 bridgehead atoms. The third-order valence-electron chi connectivity index (χ3n) is 0.920. The van der Waals surface area contributed by atoms with Gasteiger partial charge in [0.25, 0.3) is 0 Å². The Morgan fingerprint density at radius 3 is 2.56 bits per heavy atom. The molecule has 0 aromatic carbocycles. The van der Waals surface area contributed by atoms with E-state index in [9.17, 15) is 0 Å². The molecule has 0 spiro atoms. The number of hydrogen-bond donors (Lipinski definition) is 3. The molecule has 0 aliphatic carbocycles. The zero-order valence-corrected chi connectivity index (χ0v) is 5.72. The Labute approximate surface area is 54.3 Å². The fourth-order valence-electron chi connectivity index (χ4n) is 0.451. The molecule has 1 aromatic rings. The topological polar surface area (TPSA) is 69.1 Å². The van der Waals surface area contributed by atoms with E-state index in [4.69, 9.17) is 9.11 Å². The SMILES string of the molecule is CS(O)(O)c1cn[nH]c1. The van der Waals surface area contributed by atoms with Crippen LogP contribution in [0, 0.1) is 0 Å². The molecule has 52 valence electrons. The maximum absolute atomic E-state index is 8.96. The van der Waals surface area contributed by atoms with Gasteiger partial charge in [-0.05, 0) is 0 Å². The Bertz CT molecular complexity index is 179. The van der Waals surface area contributed by atoms with Crippen molar-refractivity contribution in [2.45, 2.75) is 4.90 Å². The van der Waals surface area contributed by atoms with Crippen LogP contribution in [-0.4, -0.2) is 25.6 Å². The lowest BCUT2D eigenvalue weighted by Crippen LogP contribution is -1.91. The van der Waals surface area contributed by atoms with E-state index in [0.29, 0.717) is 4.90 Å². The number of nitrogens with one attached hydrogen (secondary N) is 1.